The fourth-order valence-electron chi connectivity index (χ4n) is 0.982. The largest absolute Gasteiger partial charge is 0.488 e. The molecule has 1 rings (SSSR count). The minimum absolute atomic E-state index is 0.725. The van der Waals surface area contributed by atoms with Crippen LogP contribution in [0.5, 0.6) is 11.6 Å². The average Bonchev–Trinajstić information content (AvgIpc) is 2.59. The Morgan fingerprint density at radius 1 is 1.15 bits per heavy atom. The van der Waals surface area contributed by atoms with Gasteiger partial charge in [0, 0.05) is 12.3 Å². The third-order valence-corrected chi connectivity index (χ3v) is 1.59. The quantitative estimate of drug-likeness (QED) is 0.735. The third-order valence-electron chi connectivity index (χ3n) is 1.59. The molecule has 1 N–H and O–H groups in total. The molecule has 0 amide bonds. The maximum absolute atomic E-state index is 5.47. The van der Waals surface area contributed by atoms with Gasteiger partial charge in [0.25, 0.3) is 0 Å². The molecule has 0 fully saturated rings. The van der Waals surface area contributed by atoms with Gasteiger partial charge in [0.1, 0.15) is 0 Å². The molecule has 0 saturated heterocycles. The molecule has 0 bridgehead atoms. The second-order valence-corrected chi connectivity index (χ2v) is 2.87. The lowest BCUT2D eigenvalue weighted by atomic mass is 10.5. The van der Waals surface area contributed by atoms with Crippen LogP contribution in [0.15, 0.2) is 12.3 Å². The number of hydrogen-bond acceptors (Lipinski definition) is 2. The Morgan fingerprint density at radius 3 is 2.54 bits per heavy atom. The fourth-order valence-corrected chi connectivity index (χ4v) is 0.982. The topological polar surface area (TPSA) is 34.2 Å². The van der Waals surface area contributed by atoms with Gasteiger partial charge in [-0.3, -0.25) is 0 Å². The van der Waals surface area contributed by atoms with Crippen molar-refractivity contribution in [1.82, 2.24) is 4.98 Å². The van der Waals surface area contributed by atoms with E-state index in [2.05, 4.69) is 18.8 Å². The van der Waals surface area contributed by atoms with Crippen molar-refractivity contribution < 1.29 is 9.47 Å². The average molecular weight is 183 g/mol. The molecule has 13 heavy (non-hydrogen) atoms. The van der Waals surface area contributed by atoms with E-state index >= 15 is 0 Å². The zero-order chi connectivity index (χ0) is 9.52. The lowest BCUT2D eigenvalue weighted by molar-refractivity contribution is 0.263. The summed E-state index contributed by atoms with van der Waals surface area (Å²) >= 11 is 0. The summed E-state index contributed by atoms with van der Waals surface area (Å²) in [6.07, 6.45) is 3.85. The first-order chi connectivity index (χ1) is 6.38. The van der Waals surface area contributed by atoms with Crippen LogP contribution in [0.4, 0.5) is 0 Å². The van der Waals surface area contributed by atoms with Crippen LogP contribution in [0, 0.1) is 0 Å². The molecule has 1 heterocycles. The highest BCUT2D eigenvalue weighted by Crippen LogP contribution is 2.24. The predicted octanol–water partition coefficient (Wildman–Crippen LogP) is 2.59. The smallest absolute Gasteiger partial charge is 0.234 e. The number of aromatic nitrogens is 1. The lowest BCUT2D eigenvalue weighted by Crippen LogP contribution is -1.99. The van der Waals surface area contributed by atoms with Crippen molar-refractivity contribution in [3.05, 3.63) is 12.3 Å². The van der Waals surface area contributed by atoms with E-state index in [4.69, 9.17) is 9.47 Å². The maximum Gasteiger partial charge on any atom is 0.234 e. The van der Waals surface area contributed by atoms with Gasteiger partial charge in [0.05, 0.1) is 13.2 Å². The number of ether oxygens (including phenoxy) is 2. The van der Waals surface area contributed by atoms with Crippen molar-refractivity contribution in [3.63, 3.8) is 0 Å². The second kappa shape index (κ2) is 5.51. The number of aromatic amines is 1. The molecule has 0 aliphatic heterocycles. The summed E-state index contributed by atoms with van der Waals surface area (Å²) in [7, 11) is 0. The molecule has 3 heteroatoms. The van der Waals surface area contributed by atoms with Crippen LogP contribution in [0.2, 0.25) is 0 Å². The summed E-state index contributed by atoms with van der Waals surface area (Å²) in [4.78, 5) is 3.00. The Morgan fingerprint density at radius 2 is 1.85 bits per heavy atom. The highest BCUT2D eigenvalue weighted by molar-refractivity contribution is 5.33. The molecule has 0 spiro atoms. The van der Waals surface area contributed by atoms with Crippen molar-refractivity contribution >= 4 is 0 Å². The van der Waals surface area contributed by atoms with Crippen LogP contribution in [-0.2, 0) is 0 Å². The number of H-pyrrole nitrogens is 1. The summed E-state index contributed by atoms with van der Waals surface area (Å²) in [6.45, 7) is 5.62. The summed E-state index contributed by atoms with van der Waals surface area (Å²) in [5, 5.41) is 0. The van der Waals surface area contributed by atoms with E-state index in [1.54, 1.807) is 0 Å². The Hall–Kier alpha value is -1.12. The molecule has 3 nitrogen and oxygen atoms in total. The number of nitrogens with one attached hydrogen (secondary N) is 1. The van der Waals surface area contributed by atoms with E-state index in [9.17, 15) is 0 Å². The van der Waals surface area contributed by atoms with Gasteiger partial charge < -0.3 is 14.5 Å². The summed E-state index contributed by atoms with van der Waals surface area (Å²) < 4.78 is 10.9. The van der Waals surface area contributed by atoms with Crippen molar-refractivity contribution in [3.8, 4) is 11.6 Å². The summed E-state index contributed by atoms with van der Waals surface area (Å²) in [6, 6.07) is 1.89. The standard InChI is InChI=1S/C10H17NO2/c1-3-7-12-9-5-6-11-10(9)13-8-4-2/h5-6,11H,3-4,7-8H2,1-2H3. The van der Waals surface area contributed by atoms with Crippen molar-refractivity contribution in [2.45, 2.75) is 26.7 Å². The van der Waals surface area contributed by atoms with Crippen molar-refractivity contribution in [2.24, 2.45) is 0 Å². The fraction of sp³-hybridized carbons (Fsp3) is 0.600. The van der Waals surface area contributed by atoms with Crippen LogP contribution < -0.4 is 9.47 Å². The van der Waals surface area contributed by atoms with Crippen molar-refractivity contribution in [2.75, 3.05) is 13.2 Å². The van der Waals surface area contributed by atoms with E-state index in [0.717, 1.165) is 37.7 Å². The Labute approximate surface area is 79.1 Å². The molecule has 0 radical (unpaired) electrons. The zero-order valence-electron chi connectivity index (χ0n) is 8.30. The van der Waals surface area contributed by atoms with E-state index in [1.807, 2.05) is 12.3 Å². The molecule has 0 saturated carbocycles. The molecule has 74 valence electrons. The molecule has 1 aromatic heterocycles. The number of hydrogen-bond donors (Lipinski definition) is 1. The Kier molecular flexibility index (Phi) is 4.23. The minimum atomic E-state index is 0.725. The van der Waals surface area contributed by atoms with E-state index in [1.165, 1.54) is 0 Å². The molecule has 0 aliphatic rings. The van der Waals surface area contributed by atoms with E-state index in [-0.39, 0.29) is 0 Å². The van der Waals surface area contributed by atoms with Gasteiger partial charge in [-0.2, -0.15) is 0 Å². The molecular formula is C10H17NO2. The minimum Gasteiger partial charge on any atom is -0.488 e. The second-order valence-electron chi connectivity index (χ2n) is 2.87. The molecule has 1 aromatic rings. The van der Waals surface area contributed by atoms with Gasteiger partial charge in [-0.1, -0.05) is 13.8 Å². The first-order valence-corrected chi connectivity index (χ1v) is 4.81. The van der Waals surface area contributed by atoms with Crippen LogP contribution in [0.3, 0.4) is 0 Å². The summed E-state index contributed by atoms with van der Waals surface area (Å²) in [5.74, 6) is 1.56. The SMILES string of the molecule is CCCOc1cc[nH]c1OCCC. The highest BCUT2D eigenvalue weighted by atomic mass is 16.5. The third kappa shape index (κ3) is 3.01. The maximum atomic E-state index is 5.47. The highest BCUT2D eigenvalue weighted by Gasteiger charge is 2.04. The normalized spacial score (nSPS) is 10.0. The van der Waals surface area contributed by atoms with Gasteiger partial charge >= 0.3 is 0 Å². The Balaban J connectivity index is 2.45. The van der Waals surface area contributed by atoms with Gasteiger partial charge in [0.2, 0.25) is 5.88 Å². The first-order valence-electron chi connectivity index (χ1n) is 4.81. The lowest BCUT2D eigenvalue weighted by Gasteiger charge is -2.06. The van der Waals surface area contributed by atoms with Crippen LogP contribution in [0.1, 0.15) is 26.7 Å². The van der Waals surface area contributed by atoms with Gasteiger partial charge in [0.15, 0.2) is 5.75 Å². The molecule has 0 unspecified atom stereocenters. The van der Waals surface area contributed by atoms with Crippen LogP contribution in [0.25, 0.3) is 0 Å². The monoisotopic (exact) mass is 183 g/mol. The Bertz CT molecular complexity index is 210. The van der Waals surface area contributed by atoms with E-state index in [0.29, 0.717) is 0 Å². The van der Waals surface area contributed by atoms with Gasteiger partial charge in [-0.15, -0.1) is 0 Å². The molecule has 0 aliphatic carbocycles. The molecule has 0 atom stereocenters. The van der Waals surface area contributed by atoms with Crippen LogP contribution >= 0.6 is 0 Å². The van der Waals surface area contributed by atoms with Crippen LogP contribution in [-0.4, -0.2) is 18.2 Å². The first kappa shape index (κ1) is 9.96. The van der Waals surface area contributed by atoms with Crippen molar-refractivity contribution in [1.29, 1.82) is 0 Å². The molecule has 0 aromatic carbocycles. The van der Waals surface area contributed by atoms with E-state index < -0.39 is 0 Å². The summed E-state index contributed by atoms with van der Waals surface area (Å²) in [5.41, 5.74) is 0. The van der Waals surface area contributed by atoms with Gasteiger partial charge in [-0.05, 0) is 12.8 Å². The molecular weight excluding hydrogens is 166 g/mol. The zero-order valence-corrected chi connectivity index (χ0v) is 8.30. The van der Waals surface area contributed by atoms with Gasteiger partial charge in [-0.25, -0.2) is 0 Å². The predicted molar refractivity (Wildman–Crippen MR) is 52.4 cm³/mol. The number of rotatable bonds is 6.